The van der Waals surface area contributed by atoms with Crippen LogP contribution in [0.3, 0.4) is 0 Å². The highest BCUT2D eigenvalue weighted by Gasteiger charge is 2.61. The first-order chi connectivity index (χ1) is 20.0. The van der Waals surface area contributed by atoms with Gasteiger partial charge in [0.25, 0.3) is 5.91 Å². The molecular weight excluding hydrogens is 548 g/mol. The number of benzene rings is 1. The Kier molecular flexibility index (Phi) is 6.70. The van der Waals surface area contributed by atoms with Gasteiger partial charge in [-0.1, -0.05) is 30.9 Å². The Morgan fingerprint density at radius 2 is 1.98 bits per heavy atom. The normalized spacial score (nSPS) is 25.2. The number of carbonyl (C=O) groups is 3. The number of halogens is 2. The van der Waals surface area contributed by atoms with Crippen LogP contribution in [0, 0.1) is 54.6 Å². The van der Waals surface area contributed by atoms with Crippen LogP contribution in [0.2, 0.25) is 0 Å². The summed E-state index contributed by atoms with van der Waals surface area (Å²) in [5.41, 5.74) is -2.14. The predicted molar refractivity (Wildman–Crippen MR) is 144 cm³/mol. The van der Waals surface area contributed by atoms with Crippen LogP contribution in [0.4, 0.5) is 14.5 Å². The highest BCUT2D eigenvalue weighted by atomic mass is 19.1. The van der Waals surface area contributed by atoms with Gasteiger partial charge >= 0.3 is 0 Å². The number of likely N-dealkylation sites (N-methyl/N-ethyl adjacent to an activating group) is 1. The summed E-state index contributed by atoms with van der Waals surface area (Å²) in [5.74, 6) is -4.13. The van der Waals surface area contributed by atoms with Crippen LogP contribution in [0.1, 0.15) is 56.3 Å². The second-order valence-electron chi connectivity index (χ2n) is 12.2. The van der Waals surface area contributed by atoms with E-state index in [1.807, 2.05) is 6.92 Å². The van der Waals surface area contributed by atoms with Crippen molar-refractivity contribution in [2.45, 2.75) is 76.0 Å². The van der Waals surface area contributed by atoms with Gasteiger partial charge in [-0.25, -0.2) is 13.5 Å². The van der Waals surface area contributed by atoms with Crippen molar-refractivity contribution in [2.24, 2.45) is 17.8 Å². The van der Waals surface area contributed by atoms with Crippen LogP contribution in [0.25, 0.3) is 0 Å². The fraction of sp³-hybridized carbons (Fsp3) is 0.586. The summed E-state index contributed by atoms with van der Waals surface area (Å²) >= 11 is 0. The lowest BCUT2D eigenvalue weighted by molar-refractivity contribution is -0.150. The third-order valence-corrected chi connectivity index (χ3v) is 9.29. The van der Waals surface area contributed by atoms with Crippen molar-refractivity contribution in [1.82, 2.24) is 25.2 Å². The standard InChI is InChI=1S/C29H33F2N7O4/c1-15-16(2)38(36-35-15)29(27(41)33-3,11-18-6-7-18)21(8-17-4-5-17)25(39)37-14-28(12-20(37)13-32)26(40)34-24-22(31)9-19(30)10-23(24)42-28/h9-10,17-18,20-21H,4-8,11-12,14H2,1-3H3,(H,33,41)(H,34,40)/t20-,21+,28+,29?/m0/s1. The molecule has 6 rings (SSSR count). The number of amides is 3. The lowest BCUT2D eigenvalue weighted by Gasteiger charge is -2.41. The van der Waals surface area contributed by atoms with Crippen molar-refractivity contribution < 1.29 is 27.9 Å². The second kappa shape index (κ2) is 10.0. The minimum Gasteiger partial charge on any atom is -0.473 e. The Hall–Kier alpha value is -4.08. The van der Waals surface area contributed by atoms with Crippen molar-refractivity contribution in [3.05, 3.63) is 35.2 Å². The van der Waals surface area contributed by atoms with Gasteiger partial charge in [-0.05, 0) is 38.5 Å². The maximum Gasteiger partial charge on any atom is 0.270 e. The van der Waals surface area contributed by atoms with E-state index in [2.05, 4.69) is 27.0 Å². The van der Waals surface area contributed by atoms with Crippen LogP contribution >= 0.6 is 0 Å². The van der Waals surface area contributed by atoms with Crippen LogP contribution in [0.15, 0.2) is 12.1 Å². The third kappa shape index (κ3) is 4.48. The quantitative estimate of drug-likeness (QED) is 0.488. The van der Waals surface area contributed by atoms with Crippen LogP contribution in [-0.4, -0.2) is 62.9 Å². The number of likely N-dealkylation sites (tertiary alicyclic amines) is 1. The average Bonchev–Trinajstić information content (AvgIpc) is 3.89. The molecule has 2 aliphatic carbocycles. The summed E-state index contributed by atoms with van der Waals surface area (Å²) in [6, 6.07) is 2.64. The van der Waals surface area contributed by atoms with Gasteiger partial charge in [-0.3, -0.25) is 14.4 Å². The Balaban J connectivity index is 1.42. The van der Waals surface area contributed by atoms with Gasteiger partial charge in [0.05, 0.1) is 29.9 Å². The topological polar surface area (TPSA) is 142 Å². The average molecular weight is 582 g/mol. The van der Waals surface area contributed by atoms with Gasteiger partial charge in [0.15, 0.2) is 17.1 Å². The fourth-order valence-corrected chi connectivity index (χ4v) is 6.57. The zero-order valence-electron chi connectivity index (χ0n) is 23.7. The zero-order valence-corrected chi connectivity index (χ0v) is 23.7. The van der Waals surface area contributed by atoms with Crippen molar-refractivity contribution in [2.75, 3.05) is 18.9 Å². The number of nitriles is 1. The summed E-state index contributed by atoms with van der Waals surface area (Å²) in [5, 5.41) is 24.0. The molecule has 1 unspecified atom stereocenters. The molecule has 4 aliphatic rings. The summed E-state index contributed by atoms with van der Waals surface area (Å²) in [4.78, 5) is 43.4. The number of fused-ring (bicyclic) bond motifs is 1. The molecule has 1 spiro atoms. The molecule has 0 radical (unpaired) electrons. The Morgan fingerprint density at radius 1 is 1.26 bits per heavy atom. The molecule has 2 saturated carbocycles. The van der Waals surface area contributed by atoms with E-state index in [4.69, 9.17) is 4.74 Å². The molecular formula is C29H33F2N7O4. The van der Waals surface area contributed by atoms with E-state index in [9.17, 15) is 28.4 Å². The number of ether oxygens (including phenoxy) is 1. The maximum atomic E-state index is 14.8. The van der Waals surface area contributed by atoms with Crippen molar-refractivity contribution in [3.8, 4) is 11.8 Å². The summed E-state index contributed by atoms with van der Waals surface area (Å²) in [7, 11) is 1.53. The number of nitrogens with one attached hydrogen (secondary N) is 2. The van der Waals surface area contributed by atoms with E-state index >= 15 is 0 Å². The molecule has 1 aromatic carbocycles. The van der Waals surface area contributed by atoms with E-state index in [-0.39, 0.29) is 42.1 Å². The zero-order chi connectivity index (χ0) is 30.0. The second-order valence-corrected chi connectivity index (χ2v) is 12.2. The molecule has 3 amide bonds. The van der Waals surface area contributed by atoms with Gasteiger partial charge in [0.2, 0.25) is 17.4 Å². The van der Waals surface area contributed by atoms with Crippen molar-refractivity contribution >= 4 is 23.4 Å². The summed E-state index contributed by atoms with van der Waals surface area (Å²) in [6.07, 6.45) is 4.23. The molecule has 2 aromatic rings. The number of hydrogen-bond acceptors (Lipinski definition) is 7. The van der Waals surface area contributed by atoms with Crippen LogP contribution in [0.5, 0.6) is 5.75 Å². The molecule has 3 heterocycles. The molecule has 4 atom stereocenters. The smallest absolute Gasteiger partial charge is 0.270 e. The molecule has 0 bridgehead atoms. The minimum atomic E-state index is -1.74. The molecule has 2 N–H and O–H groups in total. The molecule has 222 valence electrons. The van der Waals surface area contributed by atoms with Gasteiger partial charge in [-0.15, -0.1) is 5.10 Å². The number of rotatable bonds is 8. The van der Waals surface area contributed by atoms with E-state index in [1.165, 1.54) is 11.9 Å². The number of hydrogen-bond donors (Lipinski definition) is 2. The lowest BCUT2D eigenvalue weighted by Crippen LogP contribution is -2.60. The molecule has 2 aliphatic heterocycles. The van der Waals surface area contributed by atoms with E-state index < -0.39 is 46.5 Å². The predicted octanol–water partition coefficient (Wildman–Crippen LogP) is 2.73. The first-order valence-corrected chi connectivity index (χ1v) is 14.3. The first-order valence-electron chi connectivity index (χ1n) is 14.3. The SMILES string of the molecule is CNC(=O)C(CC1CC1)([C@H](CC1CC1)C(=O)N1C[C@@]2(C[C@H]1C#N)Oc1cc(F)cc(F)c1NC2=O)n1nnc(C)c1C. The van der Waals surface area contributed by atoms with Gasteiger partial charge in [0, 0.05) is 25.6 Å². The van der Waals surface area contributed by atoms with E-state index in [1.54, 1.807) is 11.6 Å². The molecule has 1 saturated heterocycles. The number of carbonyl (C=O) groups excluding carboxylic acids is 3. The molecule has 1 aromatic heterocycles. The van der Waals surface area contributed by atoms with E-state index in [0.717, 1.165) is 31.7 Å². The molecule has 42 heavy (non-hydrogen) atoms. The Bertz CT molecular complexity index is 1510. The number of aromatic nitrogens is 3. The van der Waals surface area contributed by atoms with Crippen molar-refractivity contribution in [3.63, 3.8) is 0 Å². The van der Waals surface area contributed by atoms with Crippen molar-refractivity contribution in [1.29, 1.82) is 5.26 Å². The largest absolute Gasteiger partial charge is 0.473 e. The lowest BCUT2D eigenvalue weighted by atomic mass is 9.74. The highest BCUT2D eigenvalue weighted by molar-refractivity contribution is 6.02. The van der Waals surface area contributed by atoms with Gasteiger partial charge in [0.1, 0.15) is 17.5 Å². The minimum absolute atomic E-state index is 0.203. The molecule has 11 nitrogen and oxygen atoms in total. The number of anilines is 1. The number of aryl methyl sites for hydroxylation is 1. The monoisotopic (exact) mass is 581 g/mol. The first kappa shape index (κ1) is 28.1. The maximum absolute atomic E-state index is 14.8. The van der Waals surface area contributed by atoms with Gasteiger partial charge in [-0.2, -0.15) is 5.26 Å². The summed E-state index contributed by atoms with van der Waals surface area (Å²) < 4.78 is 36.0. The third-order valence-electron chi connectivity index (χ3n) is 9.29. The highest BCUT2D eigenvalue weighted by Crippen LogP contribution is 2.50. The summed E-state index contributed by atoms with van der Waals surface area (Å²) in [6.45, 7) is 3.29. The molecule has 13 heteroatoms. The number of nitrogens with zero attached hydrogens (tertiary/aromatic N) is 5. The Labute approximate surface area is 241 Å². The van der Waals surface area contributed by atoms with Crippen LogP contribution < -0.4 is 15.4 Å². The van der Waals surface area contributed by atoms with E-state index in [0.29, 0.717) is 30.3 Å². The molecule has 3 fully saturated rings. The Morgan fingerprint density at radius 3 is 2.57 bits per heavy atom. The fourth-order valence-electron chi connectivity index (χ4n) is 6.57. The van der Waals surface area contributed by atoms with Crippen LogP contribution in [-0.2, 0) is 19.9 Å². The van der Waals surface area contributed by atoms with Gasteiger partial charge < -0.3 is 20.3 Å².